The molecule has 1 rings (SSSR count). The Hall–Kier alpha value is -1.45. The highest BCUT2D eigenvalue weighted by atomic mass is 19.1. The third-order valence-corrected chi connectivity index (χ3v) is 1.37. The van der Waals surface area contributed by atoms with E-state index in [2.05, 4.69) is 0 Å². The predicted octanol–water partition coefficient (Wildman–Crippen LogP) is 1.32. The summed E-state index contributed by atoms with van der Waals surface area (Å²) in [6, 6.07) is 2.91. The van der Waals surface area contributed by atoms with E-state index in [-0.39, 0.29) is 12.0 Å². The molecule has 0 aliphatic rings. The molecule has 1 radical (unpaired) electrons. The first-order valence-electron chi connectivity index (χ1n) is 3.28. The quantitative estimate of drug-likeness (QED) is 0.659. The number of hydrogen-bond donors (Lipinski definition) is 0. The molecule has 4 heteroatoms. The van der Waals surface area contributed by atoms with Crippen LogP contribution in [0, 0.1) is 11.6 Å². The van der Waals surface area contributed by atoms with E-state index in [1.165, 1.54) is 0 Å². The van der Waals surface area contributed by atoms with Crippen LogP contribution < -0.4 is 5.73 Å². The summed E-state index contributed by atoms with van der Waals surface area (Å²) in [7, 11) is 0. The van der Waals surface area contributed by atoms with Gasteiger partial charge in [-0.25, -0.2) is 8.78 Å². The van der Waals surface area contributed by atoms with E-state index in [4.69, 9.17) is 5.73 Å². The molecule has 0 spiro atoms. The summed E-state index contributed by atoms with van der Waals surface area (Å²) in [4.78, 5) is 10.3. The summed E-state index contributed by atoms with van der Waals surface area (Å²) in [5, 5.41) is 0. The summed E-state index contributed by atoms with van der Waals surface area (Å²) in [5.41, 5.74) is 6.62. The number of halogens is 2. The Labute approximate surface area is 68.0 Å². The van der Waals surface area contributed by atoms with Crippen LogP contribution >= 0.6 is 0 Å². The number of amides is 1. The average molecular weight is 170 g/mol. The van der Waals surface area contributed by atoms with Crippen molar-refractivity contribution in [2.45, 2.75) is 6.42 Å². The summed E-state index contributed by atoms with van der Waals surface area (Å²) in [6.45, 7) is 0. The van der Waals surface area contributed by atoms with E-state index < -0.39 is 17.5 Å². The summed E-state index contributed by atoms with van der Waals surface area (Å²) in [6.07, 6.45) is -0.313. The number of carbonyl (C=O) groups is 1. The highest BCUT2D eigenvalue weighted by molar-refractivity contribution is 5.75. The van der Waals surface area contributed by atoms with Crippen LogP contribution in [0.1, 0.15) is 5.56 Å². The number of hydrogen-bond acceptors (Lipinski definition) is 1. The van der Waals surface area contributed by atoms with Crippen LogP contribution in [-0.2, 0) is 11.2 Å². The standard InChI is InChI=1S/C8H6F2NO/c9-6-2-1-5(3-8(11)12)7(10)4-6/h1-2,4,11H,3H2. The summed E-state index contributed by atoms with van der Waals surface area (Å²) in [5.74, 6) is -2.36. The fraction of sp³-hybridized carbons (Fsp3) is 0.125. The van der Waals surface area contributed by atoms with Crippen LogP contribution in [0.4, 0.5) is 8.78 Å². The van der Waals surface area contributed by atoms with E-state index >= 15 is 0 Å². The Balaban J connectivity index is 2.93. The van der Waals surface area contributed by atoms with Crippen LogP contribution in [0.2, 0.25) is 0 Å². The van der Waals surface area contributed by atoms with Crippen molar-refractivity contribution in [3.63, 3.8) is 0 Å². The average Bonchev–Trinajstić information content (AvgIpc) is 1.94. The third kappa shape index (κ3) is 2.02. The minimum Gasteiger partial charge on any atom is -0.273 e. The minimum atomic E-state index is -0.888. The van der Waals surface area contributed by atoms with E-state index in [0.717, 1.165) is 12.1 Å². The van der Waals surface area contributed by atoms with E-state index in [0.29, 0.717) is 6.07 Å². The van der Waals surface area contributed by atoms with Crippen LogP contribution in [0.3, 0.4) is 0 Å². The molecule has 0 aliphatic heterocycles. The first-order valence-corrected chi connectivity index (χ1v) is 3.28. The fourth-order valence-electron chi connectivity index (χ4n) is 0.838. The molecular weight excluding hydrogens is 164 g/mol. The molecule has 0 unspecified atom stereocenters. The first-order chi connectivity index (χ1) is 5.59. The zero-order valence-corrected chi connectivity index (χ0v) is 6.10. The molecule has 0 aliphatic carbocycles. The first kappa shape index (κ1) is 8.64. The third-order valence-electron chi connectivity index (χ3n) is 1.37. The van der Waals surface area contributed by atoms with Crippen molar-refractivity contribution >= 4 is 5.91 Å². The number of carbonyl (C=O) groups excluding carboxylic acids is 1. The lowest BCUT2D eigenvalue weighted by atomic mass is 10.1. The largest absolute Gasteiger partial charge is 0.273 e. The molecule has 0 fully saturated rings. The van der Waals surface area contributed by atoms with Gasteiger partial charge in [0.15, 0.2) is 0 Å². The summed E-state index contributed by atoms with van der Waals surface area (Å²) < 4.78 is 25.0. The molecule has 0 bridgehead atoms. The molecule has 63 valence electrons. The molecule has 1 N–H and O–H groups in total. The highest BCUT2D eigenvalue weighted by Crippen LogP contribution is 2.09. The lowest BCUT2D eigenvalue weighted by Gasteiger charge is -1.98. The van der Waals surface area contributed by atoms with Gasteiger partial charge in [-0.2, -0.15) is 0 Å². The van der Waals surface area contributed by atoms with Gasteiger partial charge in [0.25, 0.3) is 0 Å². The van der Waals surface area contributed by atoms with Crippen LogP contribution in [0.5, 0.6) is 0 Å². The van der Waals surface area contributed by atoms with Gasteiger partial charge in [-0.15, -0.1) is 0 Å². The molecular formula is C8H6F2NO. The molecule has 12 heavy (non-hydrogen) atoms. The molecule has 0 heterocycles. The second-order valence-corrected chi connectivity index (χ2v) is 2.34. The van der Waals surface area contributed by atoms with Crippen LogP contribution in [0.25, 0.3) is 0 Å². The monoisotopic (exact) mass is 170 g/mol. The Bertz CT molecular complexity index is 312. The maximum atomic E-state index is 12.7. The van der Waals surface area contributed by atoms with Gasteiger partial charge < -0.3 is 0 Å². The van der Waals surface area contributed by atoms with E-state index in [1.807, 2.05) is 0 Å². The minimum absolute atomic E-state index is 0.0522. The second kappa shape index (κ2) is 3.30. The van der Waals surface area contributed by atoms with Crippen molar-refractivity contribution in [1.82, 2.24) is 5.73 Å². The van der Waals surface area contributed by atoms with Gasteiger partial charge in [0.2, 0.25) is 5.91 Å². The normalized spacial score (nSPS) is 9.83. The Morgan fingerprint density at radius 1 is 1.42 bits per heavy atom. The van der Waals surface area contributed by atoms with Gasteiger partial charge in [-0.3, -0.25) is 10.5 Å². The van der Waals surface area contributed by atoms with Gasteiger partial charge in [-0.05, 0) is 11.6 Å². The molecule has 0 aromatic heterocycles. The Morgan fingerprint density at radius 3 is 2.58 bits per heavy atom. The van der Waals surface area contributed by atoms with Crippen molar-refractivity contribution in [2.24, 2.45) is 0 Å². The van der Waals surface area contributed by atoms with Gasteiger partial charge in [0.1, 0.15) is 11.6 Å². The molecule has 1 amide bonds. The van der Waals surface area contributed by atoms with Crippen molar-refractivity contribution in [3.05, 3.63) is 35.4 Å². The molecule has 1 aromatic rings. The summed E-state index contributed by atoms with van der Waals surface area (Å²) >= 11 is 0. The fourth-order valence-corrected chi connectivity index (χ4v) is 0.838. The maximum Gasteiger partial charge on any atom is 0.242 e. The van der Waals surface area contributed by atoms with Gasteiger partial charge >= 0.3 is 0 Å². The second-order valence-electron chi connectivity index (χ2n) is 2.34. The topological polar surface area (TPSA) is 40.9 Å². The SMILES string of the molecule is [NH]C(=O)Cc1ccc(F)cc1F. The maximum absolute atomic E-state index is 12.7. The molecule has 2 nitrogen and oxygen atoms in total. The molecule has 0 atom stereocenters. The Kier molecular flexibility index (Phi) is 2.38. The highest BCUT2D eigenvalue weighted by Gasteiger charge is 2.06. The Morgan fingerprint density at radius 2 is 2.08 bits per heavy atom. The number of rotatable bonds is 2. The number of benzene rings is 1. The predicted molar refractivity (Wildman–Crippen MR) is 38.2 cm³/mol. The lowest BCUT2D eigenvalue weighted by Crippen LogP contribution is -2.04. The lowest BCUT2D eigenvalue weighted by molar-refractivity contribution is -0.118. The van der Waals surface area contributed by atoms with Crippen molar-refractivity contribution in [1.29, 1.82) is 0 Å². The van der Waals surface area contributed by atoms with E-state index in [1.54, 1.807) is 0 Å². The van der Waals surface area contributed by atoms with Gasteiger partial charge in [-0.1, -0.05) is 6.07 Å². The molecule has 1 aromatic carbocycles. The smallest absolute Gasteiger partial charge is 0.242 e. The number of nitrogens with one attached hydrogen (secondary N) is 1. The van der Waals surface area contributed by atoms with Gasteiger partial charge in [0, 0.05) is 6.07 Å². The van der Waals surface area contributed by atoms with Crippen molar-refractivity contribution in [3.8, 4) is 0 Å². The van der Waals surface area contributed by atoms with Crippen molar-refractivity contribution < 1.29 is 13.6 Å². The van der Waals surface area contributed by atoms with Crippen LogP contribution in [0.15, 0.2) is 18.2 Å². The molecule has 0 saturated carbocycles. The van der Waals surface area contributed by atoms with Crippen LogP contribution in [-0.4, -0.2) is 5.91 Å². The van der Waals surface area contributed by atoms with Crippen molar-refractivity contribution in [2.75, 3.05) is 0 Å². The van der Waals surface area contributed by atoms with Gasteiger partial charge in [0.05, 0.1) is 6.42 Å². The molecule has 0 saturated heterocycles. The zero-order valence-electron chi connectivity index (χ0n) is 6.10. The zero-order chi connectivity index (χ0) is 9.14. The van der Waals surface area contributed by atoms with E-state index in [9.17, 15) is 13.6 Å².